The quantitative estimate of drug-likeness (QED) is 0.708. The Kier molecular flexibility index (Phi) is 6.10. The summed E-state index contributed by atoms with van der Waals surface area (Å²) in [5, 5.41) is 0. The minimum Gasteiger partial charge on any atom is -0.494 e. The summed E-state index contributed by atoms with van der Waals surface area (Å²) in [5.74, 6) is -0.498. The molecule has 0 spiro atoms. The van der Waals surface area contributed by atoms with Gasteiger partial charge in [-0.2, -0.15) is 0 Å². The highest BCUT2D eigenvalue weighted by molar-refractivity contribution is 5.94. The highest BCUT2D eigenvalue weighted by atomic mass is 19.1. The smallest absolute Gasteiger partial charge is 0.254 e. The molecular weight excluding hydrogens is 379 g/mol. The van der Waals surface area contributed by atoms with Gasteiger partial charge in [0.15, 0.2) is 11.6 Å². The summed E-state index contributed by atoms with van der Waals surface area (Å²) in [7, 11) is 1.41. The highest BCUT2D eigenvalue weighted by Gasteiger charge is 2.31. The van der Waals surface area contributed by atoms with E-state index in [2.05, 4.69) is 48.5 Å². The van der Waals surface area contributed by atoms with Gasteiger partial charge in [-0.25, -0.2) is 4.39 Å². The van der Waals surface area contributed by atoms with E-state index in [1.54, 1.807) is 6.07 Å². The van der Waals surface area contributed by atoms with Gasteiger partial charge in [-0.15, -0.1) is 0 Å². The average molecular weight is 405 g/mol. The summed E-state index contributed by atoms with van der Waals surface area (Å²) >= 11 is 0. The van der Waals surface area contributed by atoms with Crippen molar-refractivity contribution >= 4 is 5.91 Å². The molecule has 1 aliphatic heterocycles. The first-order valence-electron chi connectivity index (χ1n) is 10.2. The van der Waals surface area contributed by atoms with Crippen molar-refractivity contribution in [3.63, 3.8) is 0 Å². The van der Waals surface area contributed by atoms with Gasteiger partial charge >= 0.3 is 0 Å². The molecule has 0 saturated carbocycles. The van der Waals surface area contributed by atoms with Crippen LogP contribution in [0, 0.1) is 5.82 Å². The summed E-state index contributed by atoms with van der Waals surface area (Å²) in [6, 6.07) is 25.6. The minimum absolute atomic E-state index is 0.133. The molecule has 3 aromatic carbocycles. The number of rotatable bonds is 5. The lowest BCUT2D eigenvalue weighted by Gasteiger charge is -2.37. The van der Waals surface area contributed by atoms with E-state index >= 15 is 0 Å². The van der Waals surface area contributed by atoms with Gasteiger partial charge in [-0.05, 0) is 18.2 Å². The van der Waals surface area contributed by atoms with Crippen LogP contribution in [0.2, 0.25) is 0 Å². The number of quaternary nitrogens is 1. The molecule has 0 bridgehead atoms. The van der Waals surface area contributed by atoms with Crippen molar-refractivity contribution in [2.75, 3.05) is 33.3 Å². The van der Waals surface area contributed by atoms with Gasteiger partial charge in [0, 0.05) is 16.7 Å². The molecule has 0 radical (unpaired) electrons. The average Bonchev–Trinajstić information content (AvgIpc) is 2.81. The Hall–Kier alpha value is -3.18. The van der Waals surface area contributed by atoms with Crippen LogP contribution in [0.15, 0.2) is 78.9 Å². The van der Waals surface area contributed by atoms with E-state index in [9.17, 15) is 9.18 Å². The number of carbonyl (C=O) groups is 1. The van der Waals surface area contributed by atoms with E-state index in [0.717, 1.165) is 13.1 Å². The molecule has 154 valence electrons. The number of hydrogen-bond donors (Lipinski definition) is 1. The van der Waals surface area contributed by atoms with E-state index in [1.807, 2.05) is 17.0 Å². The monoisotopic (exact) mass is 405 g/mol. The van der Waals surface area contributed by atoms with Crippen molar-refractivity contribution in [1.29, 1.82) is 0 Å². The molecule has 0 atom stereocenters. The molecule has 4 nitrogen and oxygen atoms in total. The molecule has 4 rings (SSSR count). The number of halogens is 1. The van der Waals surface area contributed by atoms with Crippen LogP contribution in [0.1, 0.15) is 27.5 Å². The normalized spacial score (nSPS) is 14.7. The predicted octanol–water partition coefficient (Wildman–Crippen LogP) is 2.96. The van der Waals surface area contributed by atoms with Gasteiger partial charge in [0.1, 0.15) is 6.04 Å². The number of benzene rings is 3. The van der Waals surface area contributed by atoms with Gasteiger partial charge in [0.05, 0.1) is 33.3 Å². The lowest BCUT2D eigenvalue weighted by atomic mass is 9.96. The lowest BCUT2D eigenvalue weighted by molar-refractivity contribution is -0.929. The minimum atomic E-state index is -0.513. The Morgan fingerprint density at radius 3 is 2.00 bits per heavy atom. The van der Waals surface area contributed by atoms with Crippen molar-refractivity contribution in [3.8, 4) is 5.75 Å². The molecule has 3 aromatic rings. The molecule has 1 saturated heterocycles. The second-order valence-corrected chi connectivity index (χ2v) is 7.55. The standard InChI is InChI=1S/C25H25FN2O2/c1-30-23-13-12-21(18-22(23)26)25(29)28-16-14-27(15-17-28)24(19-8-4-2-5-9-19)20-10-6-3-7-11-20/h2-13,18,24H,14-17H2,1H3/p+1. The summed E-state index contributed by atoms with van der Waals surface area (Å²) in [6.07, 6.45) is 0. The van der Waals surface area contributed by atoms with Gasteiger partial charge in [0.2, 0.25) is 0 Å². The van der Waals surface area contributed by atoms with Crippen molar-refractivity contribution in [1.82, 2.24) is 4.90 Å². The van der Waals surface area contributed by atoms with Crippen molar-refractivity contribution in [2.45, 2.75) is 6.04 Å². The molecule has 0 unspecified atom stereocenters. The number of carbonyl (C=O) groups excluding carboxylic acids is 1. The zero-order chi connectivity index (χ0) is 20.9. The first-order valence-corrected chi connectivity index (χ1v) is 10.2. The first-order chi connectivity index (χ1) is 14.7. The molecule has 1 fully saturated rings. The summed E-state index contributed by atoms with van der Waals surface area (Å²) in [4.78, 5) is 16.1. The molecule has 1 N–H and O–H groups in total. The molecule has 0 aromatic heterocycles. The Balaban J connectivity index is 1.49. The van der Waals surface area contributed by atoms with Crippen molar-refractivity contribution < 1.29 is 18.8 Å². The van der Waals surface area contributed by atoms with Crippen LogP contribution in [0.4, 0.5) is 4.39 Å². The van der Waals surface area contributed by atoms with E-state index in [0.29, 0.717) is 18.7 Å². The lowest BCUT2D eigenvalue weighted by Crippen LogP contribution is -3.15. The van der Waals surface area contributed by atoms with Crippen LogP contribution >= 0.6 is 0 Å². The highest BCUT2D eigenvalue weighted by Crippen LogP contribution is 2.21. The van der Waals surface area contributed by atoms with Gasteiger partial charge in [0.25, 0.3) is 5.91 Å². The van der Waals surface area contributed by atoms with E-state index in [-0.39, 0.29) is 17.7 Å². The maximum atomic E-state index is 14.0. The summed E-state index contributed by atoms with van der Waals surface area (Å²) in [6.45, 7) is 2.94. The fraction of sp³-hybridized carbons (Fsp3) is 0.240. The van der Waals surface area contributed by atoms with Crippen LogP contribution in [-0.2, 0) is 0 Å². The van der Waals surface area contributed by atoms with Crippen LogP contribution in [0.25, 0.3) is 0 Å². The third-order valence-electron chi connectivity index (χ3n) is 5.77. The van der Waals surface area contributed by atoms with Gasteiger partial charge < -0.3 is 14.5 Å². The number of ether oxygens (including phenoxy) is 1. The van der Waals surface area contributed by atoms with E-state index in [4.69, 9.17) is 4.74 Å². The molecular formula is C25H26FN2O2+. The fourth-order valence-electron chi connectivity index (χ4n) is 4.22. The number of methoxy groups -OCH3 is 1. The molecule has 0 aliphatic carbocycles. The third-order valence-corrected chi connectivity index (χ3v) is 5.77. The first kappa shape index (κ1) is 20.1. The SMILES string of the molecule is COc1ccc(C(=O)N2CC[NH+](C(c3ccccc3)c3ccccc3)CC2)cc1F. The van der Waals surface area contributed by atoms with Gasteiger partial charge in [-0.3, -0.25) is 4.79 Å². The van der Waals surface area contributed by atoms with Crippen LogP contribution < -0.4 is 9.64 Å². The van der Waals surface area contributed by atoms with E-state index in [1.165, 1.54) is 35.3 Å². The third kappa shape index (κ3) is 4.21. The molecule has 30 heavy (non-hydrogen) atoms. The number of piperazine rings is 1. The largest absolute Gasteiger partial charge is 0.494 e. The van der Waals surface area contributed by atoms with Crippen molar-refractivity contribution in [3.05, 3.63) is 101 Å². The number of nitrogens with zero attached hydrogens (tertiary/aromatic N) is 1. The van der Waals surface area contributed by atoms with Crippen molar-refractivity contribution in [2.24, 2.45) is 0 Å². The number of amides is 1. The molecule has 1 aliphatic rings. The Morgan fingerprint density at radius 2 is 1.50 bits per heavy atom. The second kappa shape index (κ2) is 9.09. The summed E-state index contributed by atoms with van der Waals surface area (Å²) < 4.78 is 19.0. The fourth-order valence-corrected chi connectivity index (χ4v) is 4.22. The number of hydrogen-bond acceptors (Lipinski definition) is 2. The van der Waals surface area contributed by atoms with Crippen LogP contribution in [0.5, 0.6) is 5.75 Å². The van der Waals surface area contributed by atoms with E-state index < -0.39 is 5.82 Å². The maximum absolute atomic E-state index is 14.0. The van der Waals surface area contributed by atoms with Crippen LogP contribution in [0.3, 0.4) is 0 Å². The van der Waals surface area contributed by atoms with Gasteiger partial charge in [-0.1, -0.05) is 60.7 Å². The second-order valence-electron chi connectivity index (χ2n) is 7.55. The molecule has 1 amide bonds. The molecule has 5 heteroatoms. The summed E-state index contributed by atoms with van der Waals surface area (Å²) in [5.41, 5.74) is 2.91. The Labute approximate surface area is 176 Å². The Morgan fingerprint density at radius 1 is 0.933 bits per heavy atom. The maximum Gasteiger partial charge on any atom is 0.254 e. The zero-order valence-corrected chi connectivity index (χ0v) is 17.1. The number of nitrogens with one attached hydrogen (secondary N) is 1. The predicted molar refractivity (Wildman–Crippen MR) is 114 cm³/mol. The molecule has 1 heterocycles. The Bertz CT molecular complexity index is 947. The van der Waals surface area contributed by atoms with Crippen LogP contribution in [-0.4, -0.2) is 44.1 Å². The zero-order valence-electron chi connectivity index (χ0n) is 17.1. The topological polar surface area (TPSA) is 34.0 Å².